The number of fused-ring (bicyclic) bond motifs is 3. The summed E-state index contributed by atoms with van der Waals surface area (Å²) in [6.45, 7) is 2.21. The van der Waals surface area contributed by atoms with Gasteiger partial charge in [-0.05, 0) is 62.7 Å². The van der Waals surface area contributed by atoms with Crippen LogP contribution in [0.2, 0.25) is 0 Å². The molecule has 2 heterocycles. The summed E-state index contributed by atoms with van der Waals surface area (Å²) < 4.78 is 0. The SMILES string of the molecule is CCC1CC([C@@H](O)/C=C/[C@@H]2[C@H]3CC4CCCC(C(=O)O)N4[C@@H]3C[C@H]2O)C1. The lowest BCUT2D eigenvalue weighted by Gasteiger charge is -2.38. The first-order valence-electron chi connectivity index (χ1n) is 10.5. The Balaban J connectivity index is 1.43. The van der Waals surface area contributed by atoms with Gasteiger partial charge in [-0.25, -0.2) is 0 Å². The average molecular weight is 363 g/mol. The van der Waals surface area contributed by atoms with Gasteiger partial charge in [0.1, 0.15) is 6.04 Å². The van der Waals surface area contributed by atoms with E-state index < -0.39 is 18.2 Å². The van der Waals surface area contributed by atoms with E-state index in [0.29, 0.717) is 24.3 Å². The summed E-state index contributed by atoms with van der Waals surface area (Å²) in [6.07, 6.45) is 11.0. The number of rotatable bonds is 5. The van der Waals surface area contributed by atoms with Crippen LogP contribution in [0.25, 0.3) is 0 Å². The Hall–Kier alpha value is -0.910. The number of aliphatic hydroxyl groups is 2. The molecule has 146 valence electrons. The van der Waals surface area contributed by atoms with E-state index >= 15 is 0 Å². The van der Waals surface area contributed by atoms with Crippen molar-refractivity contribution in [2.24, 2.45) is 23.7 Å². The van der Waals surface area contributed by atoms with Gasteiger partial charge in [-0.15, -0.1) is 0 Å². The molecule has 2 saturated heterocycles. The molecule has 0 bridgehead atoms. The Morgan fingerprint density at radius 1 is 1.23 bits per heavy atom. The molecular weight excluding hydrogens is 330 g/mol. The van der Waals surface area contributed by atoms with Crippen molar-refractivity contribution in [1.29, 1.82) is 0 Å². The monoisotopic (exact) mass is 363 g/mol. The topological polar surface area (TPSA) is 81.0 Å². The summed E-state index contributed by atoms with van der Waals surface area (Å²) in [6, 6.07) is 0.145. The zero-order valence-corrected chi connectivity index (χ0v) is 15.7. The number of hydrogen-bond donors (Lipinski definition) is 3. The molecule has 3 N–H and O–H groups in total. The lowest BCUT2D eigenvalue weighted by molar-refractivity contribution is -0.146. The van der Waals surface area contributed by atoms with Crippen LogP contribution in [0.5, 0.6) is 0 Å². The lowest BCUT2D eigenvalue weighted by atomic mass is 9.70. The number of piperidine rings is 1. The molecule has 0 spiro atoms. The van der Waals surface area contributed by atoms with E-state index in [1.165, 1.54) is 6.42 Å². The first-order chi connectivity index (χ1) is 12.5. The van der Waals surface area contributed by atoms with Crippen molar-refractivity contribution >= 4 is 5.97 Å². The third kappa shape index (κ3) is 3.12. The maximum absolute atomic E-state index is 11.7. The number of hydrogen-bond acceptors (Lipinski definition) is 4. The molecule has 4 aliphatic rings. The van der Waals surface area contributed by atoms with E-state index in [1.807, 2.05) is 12.2 Å². The summed E-state index contributed by atoms with van der Waals surface area (Å²) in [4.78, 5) is 13.9. The first kappa shape index (κ1) is 18.5. The number of carboxylic acid groups (broad SMARTS) is 1. The fraction of sp³-hybridized carbons (Fsp3) is 0.857. The van der Waals surface area contributed by atoms with Crippen molar-refractivity contribution in [2.75, 3.05) is 0 Å². The molecular formula is C21H33NO4. The molecule has 5 heteroatoms. The van der Waals surface area contributed by atoms with Crippen molar-refractivity contribution in [3.63, 3.8) is 0 Å². The standard InChI is InChI=1S/C21H33NO4/c1-2-12-8-13(9-12)19(23)7-6-15-16-10-14-4-3-5-17(21(25)26)22(14)18(16)11-20(15)24/h6-7,12-20,23-24H,2-5,8-11H2,1H3,(H,25,26)/b7-6+/t12?,13?,14?,15-,16-,17?,18-,19+,20-/m1/s1. The highest BCUT2D eigenvalue weighted by atomic mass is 16.4. The average Bonchev–Trinajstić information content (AvgIpc) is 3.06. The third-order valence-electron chi connectivity index (χ3n) is 7.79. The Kier molecular flexibility index (Phi) is 5.15. The van der Waals surface area contributed by atoms with Crippen molar-refractivity contribution in [2.45, 2.75) is 88.6 Å². The zero-order chi connectivity index (χ0) is 18.4. The van der Waals surface area contributed by atoms with Gasteiger partial charge in [0.15, 0.2) is 0 Å². The Morgan fingerprint density at radius 2 is 2.00 bits per heavy atom. The minimum atomic E-state index is -0.713. The molecule has 0 amide bonds. The number of aliphatic hydroxyl groups excluding tert-OH is 2. The van der Waals surface area contributed by atoms with E-state index in [4.69, 9.17) is 0 Å². The van der Waals surface area contributed by atoms with E-state index in [-0.39, 0.29) is 18.0 Å². The molecule has 7 atom stereocenters. The Labute approximate surface area is 156 Å². The second kappa shape index (κ2) is 7.25. The summed E-state index contributed by atoms with van der Waals surface area (Å²) in [5.74, 6) is 0.801. The van der Waals surface area contributed by atoms with E-state index in [2.05, 4.69) is 11.8 Å². The highest BCUT2D eigenvalue weighted by molar-refractivity contribution is 5.73. The third-order valence-corrected chi connectivity index (χ3v) is 7.79. The molecule has 2 saturated carbocycles. The number of nitrogens with zero attached hydrogens (tertiary/aromatic N) is 1. The molecule has 26 heavy (non-hydrogen) atoms. The fourth-order valence-electron chi connectivity index (χ4n) is 6.25. The number of carbonyl (C=O) groups is 1. The van der Waals surface area contributed by atoms with Crippen LogP contribution in [0.1, 0.15) is 58.3 Å². The highest BCUT2D eigenvalue weighted by Crippen LogP contribution is 2.49. The van der Waals surface area contributed by atoms with Gasteiger partial charge < -0.3 is 15.3 Å². The van der Waals surface area contributed by atoms with Gasteiger partial charge in [0.2, 0.25) is 0 Å². The molecule has 2 aliphatic carbocycles. The molecule has 0 aromatic heterocycles. The minimum absolute atomic E-state index is 0.0525. The van der Waals surface area contributed by atoms with Crippen LogP contribution in [-0.4, -0.2) is 56.5 Å². The zero-order valence-electron chi connectivity index (χ0n) is 15.7. The summed E-state index contributed by atoms with van der Waals surface area (Å²) >= 11 is 0. The molecule has 0 aromatic carbocycles. The van der Waals surface area contributed by atoms with E-state index in [1.54, 1.807) is 0 Å². The lowest BCUT2D eigenvalue weighted by Crippen LogP contribution is -2.51. The maximum Gasteiger partial charge on any atom is 0.320 e. The van der Waals surface area contributed by atoms with E-state index in [9.17, 15) is 20.1 Å². The van der Waals surface area contributed by atoms with Crippen LogP contribution >= 0.6 is 0 Å². The molecule has 4 rings (SSSR count). The van der Waals surface area contributed by atoms with Gasteiger partial charge in [-0.3, -0.25) is 9.69 Å². The maximum atomic E-state index is 11.7. The van der Waals surface area contributed by atoms with Crippen molar-refractivity contribution in [3.8, 4) is 0 Å². The number of carboxylic acids is 1. The molecule has 0 radical (unpaired) electrons. The molecule has 2 aliphatic heterocycles. The van der Waals surface area contributed by atoms with Crippen molar-refractivity contribution in [1.82, 2.24) is 4.90 Å². The van der Waals surface area contributed by atoms with Crippen molar-refractivity contribution in [3.05, 3.63) is 12.2 Å². The van der Waals surface area contributed by atoms with Crippen LogP contribution in [-0.2, 0) is 4.79 Å². The van der Waals surface area contributed by atoms with Gasteiger partial charge in [0, 0.05) is 18.0 Å². The minimum Gasteiger partial charge on any atom is -0.480 e. The summed E-state index contributed by atoms with van der Waals surface area (Å²) in [5, 5.41) is 30.6. The quantitative estimate of drug-likeness (QED) is 0.654. The molecule has 4 fully saturated rings. The van der Waals surface area contributed by atoms with E-state index in [0.717, 1.165) is 44.4 Å². The second-order valence-corrected chi connectivity index (χ2v) is 9.11. The van der Waals surface area contributed by atoms with Gasteiger partial charge in [-0.1, -0.05) is 25.5 Å². The summed E-state index contributed by atoms with van der Waals surface area (Å²) in [5.41, 5.74) is 0. The predicted molar refractivity (Wildman–Crippen MR) is 98.6 cm³/mol. The first-order valence-corrected chi connectivity index (χ1v) is 10.5. The Morgan fingerprint density at radius 3 is 2.69 bits per heavy atom. The van der Waals surface area contributed by atoms with Gasteiger partial charge in [0.05, 0.1) is 12.2 Å². The fourth-order valence-corrected chi connectivity index (χ4v) is 6.25. The smallest absolute Gasteiger partial charge is 0.320 e. The largest absolute Gasteiger partial charge is 0.480 e. The Bertz CT molecular complexity index is 558. The van der Waals surface area contributed by atoms with Crippen LogP contribution in [0, 0.1) is 23.7 Å². The van der Waals surface area contributed by atoms with Crippen LogP contribution in [0.15, 0.2) is 12.2 Å². The van der Waals surface area contributed by atoms with Gasteiger partial charge in [0.25, 0.3) is 0 Å². The molecule has 5 nitrogen and oxygen atoms in total. The normalized spacial score (nSPS) is 46.7. The summed E-state index contributed by atoms with van der Waals surface area (Å²) in [7, 11) is 0. The van der Waals surface area contributed by atoms with Crippen LogP contribution in [0.4, 0.5) is 0 Å². The predicted octanol–water partition coefficient (Wildman–Crippen LogP) is 2.42. The highest BCUT2D eigenvalue weighted by Gasteiger charge is 2.55. The van der Waals surface area contributed by atoms with Crippen molar-refractivity contribution < 1.29 is 20.1 Å². The second-order valence-electron chi connectivity index (χ2n) is 9.11. The van der Waals surface area contributed by atoms with Crippen LogP contribution in [0.3, 0.4) is 0 Å². The van der Waals surface area contributed by atoms with Gasteiger partial charge in [-0.2, -0.15) is 0 Å². The molecule has 2 unspecified atom stereocenters. The number of aliphatic carboxylic acids is 1. The van der Waals surface area contributed by atoms with Gasteiger partial charge >= 0.3 is 5.97 Å². The molecule has 0 aromatic rings. The van der Waals surface area contributed by atoms with Crippen LogP contribution < -0.4 is 0 Å².